The van der Waals surface area contributed by atoms with E-state index in [0.29, 0.717) is 6.54 Å². The van der Waals surface area contributed by atoms with E-state index < -0.39 is 0 Å². The summed E-state index contributed by atoms with van der Waals surface area (Å²) >= 11 is 6.31. The molecule has 0 unspecified atom stereocenters. The average molecular weight is 228 g/mol. The van der Waals surface area contributed by atoms with Gasteiger partial charge in [0.1, 0.15) is 0 Å². The third kappa shape index (κ3) is 4.34. The first kappa shape index (κ1) is 11.1. The lowest BCUT2D eigenvalue weighted by atomic mass is 10.3. The fourth-order valence-corrected chi connectivity index (χ4v) is 1.84. The molecule has 76 valence electrons. The van der Waals surface area contributed by atoms with E-state index in [4.69, 9.17) is 5.73 Å². The summed E-state index contributed by atoms with van der Waals surface area (Å²) in [5, 5.41) is 4.77. The van der Waals surface area contributed by atoms with Crippen molar-refractivity contribution in [3.8, 4) is 0 Å². The van der Waals surface area contributed by atoms with Crippen LogP contribution in [0, 0.1) is 0 Å². The average Bonchev–Trinajstić information content (AvgIpc) is 2.55. The standard InChI is InChI=1S/C9H12N2OS2/c10-8(13)6-9(12)11-4-3-7-2-1-5-14-7/h1-2,5H,3-4,6H2,(H2,10,13)(H,11,12). The van der Waals surface area contributed by atoms with Crippen LogP contribution in [-0.2, 0) is 11.2 Å². The lowest BCUT2D eigenvalue weighted by molar-refractivity contribution is -0.119. The van der Waals surface area contributed by atoms with E-state index in [2.05, 4.69) is 17.5 Å². The monoisotopic (exact) mass is 228 g/mol. The molecule has 3 N–H and O–H groups in total. The molecule has 1 rings (SSSR count). The first-order valence-corrected chi connectivity index (χ1v) is 5.54. The molecule has 0 fully saturated rings. The van der Waals surface area contributed by atoms with E-state index in [1.165, 1.54) is 4.88 Å². The van der Waals surface area contributed by atoms with E-state index in [-0.39, 0.29) is 17.3 Å². The molecule has 1 amide bonds. The highest BCUT2D eigenvalue weighted by Crippen LogP contribution is 2.07. The Morgan fingerprint density at radius 2 is 2.43 bits per heavy atom. The molecule has 0 aliphatic rings. The maximum atomic E-state index is 11.1. The van der Waals surface area contributed by atoms with Crippen molar-refractivity contribution >= 4 is 34.5 Å². The third-order valence-electron chi connectivity index (χ3n) is 1.61. The van der Waals surface area contributed by atoms with Gasteiger partial charge in [-0.05, 0) is 17.9 Å². The molecule has 0 radical (unpaired) electrons. The minimum absolute atomic E-state index is 0.103. The van der Waals surface area contributed by atoms with Crippen LogP contribution in [0.25, 0.3) is 0 Å². The molecular formula is C9H12N2OS2. The van der Waals surface area contributed by atoms with E-state index >= 15 is 0 Å². The summed E-state index contributed by atoms with van der Waals surface area (Å²) in [7, 11) is 0. The van der Waals surface area contributed by atoms with E-state index in [1.54, 1.807) is 11.3 Å². The van der Waals surface area contributed by atoms with Crippen LogP contribution in [0.2, 0.25) is 0 Å². The fraction of sp³-hybridized carbons (Fsp3) is 0.333. The van der Waals surface area contributed by atoms with Gasteiger partial charge < -0.3 is 11.1 Å². The van der Waals surface area contributed by atoms with Gasteiger partial charge in [-0.25, -0.2) is 0 Å². The Morgan fingerprint density at radius 1 is 1.64 bits per heavy atom. The molecule has 0 spiro atoms. The minimum atomic E-state index is -0.103. The van der Waals surface area contributed by atoms with Crippen LogP contribution in [0.1, 0.15) is 11.3 Å². The lowest BCUT2D eigenvalue weighted by Crippen LogP contribution is -2.29. The molecule has 0 saturated carbocycles. The van der Waals surface area contributed by atoms with Gasteiger partial charge in [-0.2, -0.15) is 0 Å². The highest BCUT2D eigenvalue weighted by molar-refractivity contribution is 7.80. The number of rotatable bonds is 5. The summed E-state index contributed by atoms with van der Waals surface area (Å²) < 4.78 is 0. The largest absolute Gasteiger partial charge is 0.393 e. The Bertz CT molecular complexity index is 309. The van der Waals surface area contributed by atoms with Gasteiger partial charge in [0.2, 0.25) is 5.91 Å². The first-order chi connectivity index (χ1) is 6.68. The van der Waals surface area contributed by atoms with Crippen LogP contribution in [0.4, 0.5) is 0 Å². The summed E-state index contributed by atoms with van der Waals surface area (Å²) in [6.45, 7) is 0.641. The molecule has 1 aromatic heterocycles. The maximum absolute atomic E-state index is 11.1. The Morgan fingerprint density at radius 3 is 3.00 bits per heavy atom. The highest BCUT2D eigenvalue weighted by Gasteiger charge is 2.02. The van der Waals surface area contributed by atoms with Crippen LogP contribution in [0.5, 0.6) is 0 Å². The van der Waals surface area contributed by atoms with Crippen LogP contribution in [0.15, 0.2) is 17.5 Å². The summed E-state index contributed by atoms with van der Waals surface area (Å²) in [5.74, 6) is -0.103. The van der Waals surface area contributed by atoms with E-state index in [0.717, 1.165) is 6.42 Å². The predicted molar refractivity (Wildman–Crippen MR) is 62.4 cm³/mol. The number of thiocarbonyl (C=S) groups is 1. The van der Waals surface area contributed by atoms with Gasteiger partial charge in [-0.1, -0.05) is 18.3 Å². The normalized spacial score (nSPS) is 9.71. The summed E-state index contributed by atoms with van der Waals surface area (Å²) in [6.07, 6.45) is 1.00. The number of nitrogens with two attached hydrogens (primary N) is 1. The molecule has 0 saturated heterocycles. The molecular weight excluding hydrogens is 216 g/mol. The molecule has 3 nitrogen and oxygen atoms in total. The van der Waals surface area contributed by atoms with E-state index in [9.17, 15) is 4.79 Å². The minimum Gasteiger partial charge on any atom is -0.393 e. The second kappa shape index (κ2) is 5.72. The van der Waals surface area contributed by atoms with Gasteiger partial charge in [-0.3, -0.25) is 4.79 Å². The zero-order valence-electron chi connectivity index (χ0n) is 7.66. The second-order valence-electron chi connectivity index (χ2n) is 2.82. The smallest absolute Gasteiger partial charge is 0.226 e. The molecule has 0 atom stereocenters. The number of thiophene rings is 1. The maximum Gasteiger partial charge on any atom is 0.226 e. The van der Waals surface area contributed by atoms with Crippen molar-refractivity contribution in [1.82, 2.24) is 5.32 Å². The molecule has 5 heteroatoms. The lowest BCUT2D eigenvalue weighted by Gasteiger charge is -2.02. The van der Waals surface area contributed by atoms with Crippen molar-refractivity contribution in [2.75, 3.05) is 6.54 Å². The van der Waals surface area contributed by atoms with Crippen molar-refractivity contribution in [2.24, 2.45) is 5.73 Å². The number of hydrogen-bond acceptors (Lipinski definition) is 3. The number of hydrogen-bond donors (Lipinski definition) is 2. The van der Waals surface area contributed by atoms with Gasteiger partial charge in [0, 0.05) is 11.4 Å². The summed E-state index contributed by atoms with van der Waals surface area (Å²) in [6, 6.07) is 4.04. The Balaban J connectivity index is 2.15. The van der Waals surface area contributed by atoms with Crippen molar-refractivity contribution in [1.29, 1.82) is 0 Å². The van der Waals surface area contributed by atoms with Gasteiger partial charge >= 0.3 is 0 Å². The highest BCUT2D eigenvalue weighted by atomic mass is 32.1. The van der Waals surface area contributed by atoms with Gasteiger partial charge in [0.15, 0.2) is 0 Å². The SMILES string of the molecule is NC(=S)CC(=O)NCCc1cccs1. The molecule has 0 aliphatic heterocycles. The van der Waals surface area contributed by atoms with E-state index in [1.807, 2.05) is 17.5 Å². The molecule has 0 bridgehead atoms. The number of carbonyl (C=O) groups excluding carboxylic acids is 1. The number of nitrogens with one attached hydrogen (secondary N) is 1. The Kier molecular flexibility index (Phi) is 4.55. The van der Waals surface area contributed by atoms with Crippen molar-refractivity contribution in [3.05, 3.63) is 22.4 Å². The predicted octanol–water partition coefficient (Wildman–Crippen LogP) is 1.08. The van der Waals surface area contributed by atoms with Crippen LogP contribution >= 0.6 is 23.6 Å². The van der Waals surface area contributed by atoms with Crippen LogP contribution in [-0.4, -0.2) is 17.4 Å². The van der Waals surface area contributed by atoms with Crippen LogP contribution in [0.3, 0.4) is 0 Å². The third-order valence-corrected chi connectivity index (χ3v) is 2.69. The summed E-state index contributed by atoms with van der Waals surface area (Å²) in [4.78, 5) is 12.6. The van der Waals surface area contributed by atoms with Crippen molar-refractivity contribution in [3.63, 3.8) is 0 Å². The van der Waals surface area contributed by atoms with Gasteiger partial charge in [0.05, 0.1) is 11.4 Å². The fourth-order valence-electron chi connectivity index (χ4n) is 1.00. The number of amides is 1. The Hall–Kier alpha value is -0.940. The second-order valence-corrected chi connectivity index (χ2v) is 4.38. The summed E-state index contributed by atoms with van der Waals surface area (Å²) in [5.41, 5.74) is 5.23. The first-order valence-electron chi connectivity index (χ1n) is 4.26. The topological polar surface area (TPSA) is 55.1 Å². The number of carbonyl (C=O) groups is 1. The van der Waals surface area contributed by atoms with Gasteiger partial charge in [0.25, 0.3) is 0 Å². The van der Waals surface area contributed by atoms with Crippen molar-refractivity contribution < 1.29 is 4.79 Å². The molecule has 0 aliphatic carbocycles. The Labute approximate surface area is 92.3 Å². The van der Waals surface area contributed by atoms with Crippen LogP contribution < -0.4 is 11.1 Å². The molecule has 0 aromatic carbocycles. The quantitative estimate of drug-likeness (QED) is 0.742. The molecule has 14 heavy (non-hydrogen) atoms. The molecule has 1 heterocycles. The van der Waals surface area contributed by atoms with Gasteiger partial charge in [-0.15, -0.1) is 11.3 Å². The molecule has 1 aromatic rings. The zero-order valence-corrected chi connectivity index (χ0v) is 9.29. The van der Waals surface area contributed by atoms with Crippen molar-refractivity contribution in [2.45, 2.75) is 12.8 Å². The zero-order chi connectivity index (χ0) is 10.4.